The fraction of sp³-hybridized carbons (Fsp3) is 0.692. The van der Waals surface area contributed by atoms with Gasteiger partial charge >= 0.3 is 0 Å². The molecule has 1 fully saturated rings. The summed E-state index contributed by atoms with van der Waals surface area (Å²) in [5.74, 6) is 8.07. The standard InChI is InChI=1S/C13H23N5/c1-4-13(5-6-13)8-15-10-7-11(18-14)17-12(16-10)9(2)3/h7,9H,4-6,8,14H2,1-3H3,(H2,15,16,17,18). The molecule has 0 bridgehead atoms. The summed E-state index contributed by atoms with van der Waals surface area (Å²) in [6.45, 7) is 7.39. The highest BCUT2D eigenvalue weighted by Crippen LogP contribution is 2.48. The number of nitrogen functional groups attached to an aromatic ring is 1. The normalized spacial score (nSPS) is 16.7. The minimum atomic E-state index is 0.292. The lowest BCUT2D eigenvalue weighted by molar-refractivity contribution is 0.520. The molecule has 0 unspecified atom stereocenters. The zero-order valence-corrected chi connectivity index (χ0v) is 11.5. The molecule has 5 heteroatoms. The van der Waals surface area contributed by atoms with Crippen molar-refractivity contribution >= 4 is 11.6 Å². The van der Waals surface area contributed by atoms with E-state index in [1.54, 1.807) is 0 Å². The molecule has 1 saturated carbocycles. The third-order valence-electron chi connectivity index (χ3n) is 3.76. The van der Waals surface area contributed by atoms with E-state index in [9.17, 15) is 0 Å². The van der Waals surface area contributed by atoms with E-state index in [2.05, 4.69) is 41.5 Å². The Morgan fingerprint density at radius 3 is 2.50 bits per heavy atom. The lowest BCUT2D eigenvalue weighted by Gasteiger charge is -2.15. The summed E-state index contributed by atoms with van der Waals surface area (Å²) in [5.41, 5.74) is 3.10. The van der Waals surface area contributed by atoms with Gasteiger partial charge in [0, 0.05) is 18.5 Å². The molecule has 0 aromatic carbocycles. The van der Waals surface area contributed by atoms with E-state index in [1.165, 1.54) is 19.3 Å². The fourth-order valence-corrected chi connectivity index (χ4v) is 2.00. The van der Waals surface area contributed by atoms with Crippen LogP contribution in [0.5, 0.6) is 0 Å². The van der Waals surface area contributed by atoms with Crippen LogP contribution in [0.4, 0.5) is 11.6 Å². The molecule has 5 nitrogen and oxygen atoms in total. The number of rotatable bonds is 6. The molecule has 2 rings (SSSR count). The number of anilines is 2. The molecule has 0 radical (unpaired) electrons. The Balaban J connectivity index is 2.09. The van der Waals surface area contributed by atoms with Crippen LogP contribution in [-0.4, -0.2) is 16.5 Å². The molecule has 18 heavy (non-hydrogen) atoms. The number of hydrazine groups is 1. The zero-order chi connectivity index (χ0) is 13.2. The van der Waals surface area contributed by atoms with Crippen molar-refractivity contribution in [2.24, 2.45) is 11.3 Å². The van der Waals surface area contributed by atoms with Crippen molar-refractivity contribution in [3.63, 3.8) is 0 Å². The first kappa shape index (κ1) is 13.1. The molecular weight excluding hydrogens is 226 g/mol. The Hall–Kier alpha value is -1.36. The Morgan fingerprint density at radius 1 is 1.33 bits per heavy atom. The maximum Gasteiger partial charge on any atom is 0.145 e. The number of nitrogens with one attached hydrogen (secondary N) is 2. The van der Waals surface area contributed by atoms with E-state index >= 15 is 0 Å². The van der Waals surface area contributed by atoms with Crippen LogP contribution in [0, 0.1) is 5.41 Å². The highest BCUT2D eigenvalue weighted by Gasteiger charge is 2.40. The summed E-state index contributed by atoms with van der Waals surface area (Å²) in [7, 11) is 0. The van der Waals surface area contributed by atoms with E-state index in [1.807, 2.05) is 6.07 Å². The summed E-state index contributed by atoms with van der Waals surface area (Å²) in [4.78, 5) is 8.87. The molecule has 1 heterocycles. The van der Waals surface area contributed by atoms with Gasteiger partial charge in [0.2, 0.25) is 0 Å². The summed E-state index contributed by atoms with van der Waals surface area (Å²) < 4.78 is 0. The predicted octanol–water partition coefficient (Wildman–Crippen LogP) is 2.49. The topological polar surface area (TPSA) is 75.9 Å². The molecule has 0 aliphatic heterocycles. The molecular formula is C13H23N5. The average molecular weight is 249 g/mol. The van der Waals surface area contributed by atoms with Gasteiger partial charge in [-0.1, -0.05) is 20.8 Å². The van der Waals surface area contributed by atoms with Crippen molar-refractivity contribution in [2.45, 2.75) is 46.0 Å². The Kier molecular flexibility index (Phi) is 3.71. The quantitative estimate of drug-likeness (QED) is 0.533. The van der Waals surface area contributed by atoms with Crippen LogP contribution in [0.25, 0.3) is 0 Å². The molecule has 1 aromatic rings. The number of aromatic nitrogens is 2. The second-order valence-corrected chi connectivity index (χ2v) is 5.50. The highest BCUT2D eigenvalue weighted by atomic mass is 15.3. The first-order valence-corrected chi connectivity index (χ1v) is 6.68. The molecule has 4 N–H and O–H groups in total. The molecule has 100 valence electrons. The second-order valence-electron chi connectivity index (χ2n) is 5.50. The molecule has 0 spiro atoms. The van der Waals surface area contributed by atoms with Crippen molar-refractivity contribution in [3.8, 4) is 0 Å². The van der Waals surface area contributed by atoms with E-state index < -0.39 is 0 Å². The van der Waals surface area contributed by atoms with Gasteiger partial charge in [-0.15, -0.1) is 0 Å². The first-order chi connectivity index (χ1) is 8.58. The van der Waals surface area contributed by atoms with Crippen LogP contribution >= 0.6 is 0 Å². The largest absolute Gasteiger partial charge is 0.369 e. The van der Waals surface area contributed by atoms with E-state index in [4.69, 9.17) is 5.84 Å². The predicted molar refractivity (Wildman–Crippen MR) is 74.4 cm³/mol. The lowest BCUT2D eigenvalue weighted by atomic mass is 10.0. The molecule has 1 aliphatic rings. The fourth-order valence-electron chi connectivity index (χ4n) is 2.00. The third kappa shape index (κ3) is 2.90. The molecule has 1 aliphatic carbocycles. The van der Waals surface area contributed by atoms with Crippen LogP contribution in [0.1, 0.15) is 51.8 Å². The van der Waals surface area contributed by atoms with Crippen molar-refractivity contribution in [3.05, 3.63) is 11.9 Å². The van der Waals surface area contributed by atoms with Gasteiger partial charge in [0.25, 0.3) is 0 Å². The first-order valence-electron chi connectivity index (χ1n) is 6.68. The third-order valence-corrected chi connectivity index (χ3v) is 3.76. The van der Waals surface area contributed by atoms with E-state index in [-0.39, 0.29) is 0 Å². The second kappa shape index (κ2) is 5.10. The van der Waals surface area contributed by atoms with Gasteiger partial charge < -0.3 is 10.7 Å². The van der Waals surface area contributed by atoms with Crippen LogP contribution in [0.3, 0.4) is 0 Å². The van der Waals surface area contributed by atoms with Crippen molar-refractivity contribution in [1.82, 2.24) is 9.97 Å². The van der Waals surface area contributed by atoms with Gasteiger partial charge in [0.15, 0.2) is 0 Å². The highest BCUT2D eigenvalue weighted by molar-refractivity contribution is 5.47. The maximum absolute atomic E-state index is 5.44. The Labute approximate surface area is 109 Å². The Morgan fingerprint density at radius 2 is 2.00 bits per heavy atom. The number of nitrogens with two attached hydrogens (primary N) is 1. The zero-order valence-electron chi connectivity index (χ0n) is 11.5. The molecule has 1 aromatic heterocycles. The summed E-state index contributed by atoms with van der Waals surface area (Å²) >= 11 is 0. The van der Waals surface area contributed by atoms with Crippen molar-refractivity contribution in [1.29, 1.82) is 0 Å². The van der Waals surface area contributed by atoms with Gasteiger partial charge in [-0.05, 0) is 24.7 Å². The number of hydrogen-bond acceptors (Lipinski definition) is 5. The van der Waals surface area contributed by atoms with Crippen molar-refractivity contribution in [2.75, 3.05) is 17.3 Å². The Bertz CT molecular complexity index is 412. The van der Waals surface area contributed by atoms with Crippen LogP contribution in [0.15, 0.2) is 6.07 Å². The van der Waals surface area contributed by atoms with E-state index in [0.29, 0.717) is 17.2 Å². The van der Waals surface area contributed by atoms with Crippen molar-refractivity contribution < 1.29 is 0 Å². The average Bonchev–Trinajstić information content (AvgIpc) is 3.16. The molecule has 0 saturated heterocycles. The van der Waals surface area contributed by atoms with Gasteiger partial charge in [-0.3, -0.25) is 0 Å². The van der Waals surface area contributed by atoms with Crippen LogP contribution in [-0.2, 0) is 0 Å². The lowest BCUT2D eigenvalue weighted by Crippen LogP contribution is -2.17. The molecule has 0 atom stereocenters. The maximum atomic E-state index is 5.44. The summed E-state index contributed by atoms with van der Waals surface area (Å²) in [5, 5.41) is 3.42. The molecule has 0 amide bonds. The monoisotopic (exact) mass is 249 g/mol. The van der Waals surface area contributed by atoms with Crippen LogP contribution < -0.4 is 16.6 Å². The number of hydrogen-bond donors (Lipinski definition) is 3. The number of nitrogens with zero attached hydrogens (tertiary/aromatic N) is 2. The van der Waals surface area contributed by atoms with Gasteiger partial charge in [-0.2, -0.15) is 0 Å². The minimum Gasteiger partial charge on any atom is -0.369 e. The smallest absolute Gasteiger partial charge is 0.145 e. The van der Waals surface area contributed by atoms with Gasteiger partial charge in [0.1, 0.15) is 17.5 Å². The van der Waals surface area contributed by atoms with E-state index in [0.717, 1.165) is 18.2 Å². The van der Waals surface area contributed by atoms with Crippen LogP contribution in [0.2, 0.25) is 0 Å². The summed E-state index contributed by atoms with van der Waals surface area (Å²) in [6.07, 6.45) is 3.87. The van der Waals surface area contributed by atoms with Gasteiger partial charge in [0.05, 0.1) is 0 Å². The minimum absolute atomic E-state index is 0.292. The SMILES string of the molecule is CCC1(CNc2cc(NN)nc(C(C)C)n2)CC1. The van der Waals surface area contributed by atoms with Gasteiger partial charge in [-0.25, -0.2) is 15.8 Å². The summed E-state index contributed by atoms with van der Waals surface area (Å²) in [6, 6.07) is 1.86.